The van der Waals surface area contributed by atoms with E-state index in [4.69, 9.17) is 9.47 Å². The third kappa shape index (κ3) is 3.62. The molecule has 1 amide bonds. The van der Waals surface area contributed by atoms with Crippen LogP contribution in [0.4, 0.5) is 4.79 Å². The number of esters is 1. The van der Waals surface area contributed by atoms with Gasteiger partial charge >= 0.3 is 12.1 Å². The van der Waals surface area contributed by atoms with Crippen LogP contribution in [0.15, 0.2) is 42.1 Å². The summed E-state index contributed by atoms with van der Waals surface area (Å²) in [4.78, 5) is 25.1. The number of amides is 1. The first-order valence-electron chi connectivity index (χ1n) is 6.94. The van der Waals surface area contributed by atoms with Crippen LogP contribution in [0.3, 0.4) is 0 Å². The smallest absolute Gasteiger partial charge is 0.414 e. The van der Waals surface area contributed by atoms with Crippen LogP contribution < -0.4 is 0 Å². The van der Waals surface area contributed by atoms with E-state index in [2.05, 4.69) is 0 Å². The summed E-state index contributed by atoms with van der Waals surface area (Å²) in [5.74, 6) is -0.413. The van der Waals surface area contributed by atoms with Crippen molar-refractivity contribution in [2.24, 2.45) is 5.92 Å². The quantitative estimate of drug-likeness (QED) is 0.799. The highest BCUT2D eigenvalue weighted by Crippen LogP contribution is 2.25. The Bertz CT molecular complexity index is 538. The fourth-order valence-corrected chi connectivity index (χ4v) is 2.41. The van der Waals surface area contributed by atoms with Crippen LogP contribution in [-0.2, 0) is 20.7 Å². The van der Waals surface area contributed by atoms with Crippen molar-refractivity contribution in [1.29, 1.82) is 0 Å². The van der Waals surface area contributed by atoms with E-state index in [1.54, 1.807) is 13.0 Å². The molecule has 1 aromatic rings. The molecule has 0 aliphatic carbocycles. The standard InChI is InChI=1S/C16H19NO4/c1-3-21-15(18)14-10-13(11-17(14)16(19)20-2)9-12-7-5-4-6-8-12/h4-8,10,13H,3,9,11H2,1-2H3/t13-/m0/s1. The van der Waals surface area contributed by atoms with Crippen LogP contribution in [0, 0.1) is 5.92 Å². The zero-order valence-corrected chi connectivity index (χ0v) is 12.2. The number of methoxy groups -OCH3 is 1. The maximum Gasteiger partial charge on any atom is 0.414 e. The molecule has 1 aliphatic heterocycles. The second kappa shape index (κ2) is 6.92. The number of carbonyl (C=O) groups is 2. The maximum atomic E-state index is 11.9. The molecule has 1 heterocycles. The Hall–Kier alpha value is -2.30. The van der Waals surface area contributed by atoms with Gasteiger partial charge in [-0.1, -0.05) is 30.3 Å². The molecule has 1 atom stereocenters. The van der Waals surface area contributed by atoms with E-state index < -0.39 is 12.1 Å². The Morgan fingerprint density at radius 1 is 1.29 bits per heavy atom. The third-order valence-corrected chi connectivity index (χ3v) is 3.32. The third-order valence-electron chi connectivity index (χ3n) is 3.32. The van der Waals surface area contributed by atoms with E-state index in [9.17, 15) is 9.59 Å². The second-order valence-corrected chi connectivity index (χ2v) is 4.80. The summed E-state index contributed by atoms with van der Waals surface area (Å²) < 4.78 is 9.72. The summed E-state index contributed by atoms with van der Waals surface area (Å²) in [5, 5.41) is 0. The number of benzene rings is 1. The van der Waals surface area contributed by atoms with Crippen LogP contribution >= 0.6 is 0 Å². The zero-order chi connectivity index (χ0) is 15.2. The number of carbonyl (C=O) groups excluding carboxylic acids is 2. The molecule has 112 valence electrons. The van der Waals surface area contributed by atoms with Gasteiger partial charge in [0.25, 0.3) is 0 Å². The fraction of sp³-hybridized carbons (Fsp3) is 0.375. The topological polar surface area (TPSA) is 55.8 Å². The largest absolute Gasteiger partial charge is 0.461 e. The summed E-state index contributed by atoms with van der Waals surface area (Å²) in [6, 6.07) is 9.95. The van der Waals surface area contributed by atoms with Gasteiger partial charge in [-0.05, 0) is 25.0 Å². The first kappa shape index (κ1) is 15.1. The number of nitrogens with zero attached hydrogens (tertiary/aromatic N) is 1. The lowest BCUT2D eigenvalue weighted by Crippen LogP contribution is -2.33. The number of hydrogen-bond donors (Lipinski definition) is 0. The van der Waals surface area contributed by atoms with Gasteiger partial charge < -0.3 is 9.47 Å². The van der Waals surface area contributed by atoms with Gasteiger partial charge in [0, 0.05) is 12.5 Å². The van der Waals surface area contributed by atoms with Crippen molar-refractivity contribution in [2.75, 3.05) is 20.3 Å². The summed E-state index contributed by atoms with van der Waals surface area (Å²) in [6.07, 6.45) is 2.02. The van der Waals surface area contributed by atoms with Crippen molar-refractivity contribution >= 4 is 12.1 Å². The fourth-order valence-electron chi connectivity index (χ4n) is 2.41. The SMILES string of the molecule is CCOC(=O)C1=C[C@H](Cc2ccccc2)CN1C(=O)OC. The Morgan fingerprint density at radius 2 is 2.00 bits per heavy atom. The predicted octanol–water partition coefficient (Wildman–Crippen LogP) is 2.37. The molecule has 0 saturated carbocycles. The van der Waals surface area contributed by atoms with Crippen molar-refractivity contribution in [3.05, 3.63) is 47.7 Å². The van der Waals surface area contributed by atoms with Crippen molar-refractivity contribution in [2.45, 2.75) is 13.3 Å². The van der Waals surface area contributed by atoms with E-state index in [0.29, 0.717) is 6.54 Å². The number of hydrogen-bond acceptors (Lipinski definition) is 4. The molecular weight excluding hydrogens is 270 g/mol. The van der Waals surface area contributed by atoms with Crippen LogP contribution in [-0.4, -0.2) is 37.2 Å². The van der Waals surface area contributed by atoms with E-state index >= 15 is 0 Å². The van der Waals surface area contributed by atoms with Gasteiger partial charge in [-0.25, -0.2) is 9.59 Å². The monoisotopic (exact) mass is 289 g/mol. The van der Waals surface area contributed by atoms with E-state index in [-0.39, 0.29) is 18.2 Å². The molecule has 0 fully saturated rings. The van der Waals surface area contributed by atoms with E-state index in [1.165, 1.54) is 12.0 Å². The van der Waals surface area contributed by atoms with Crippen molar-refractivity contribution < 1.29 is 19.1 Å². The Morgan fingerprint density at radius 3 is 2.62 bits per heavy atom. The molecular formula is C16H19NO4. The molecule has 0 bridgehead atoms. The molecule has 0 saturated heterocycles. The van der Waals surface area contributed by atoms with Gasteiger partial charge in [-0.3, -0.25) is 4.90 Å². The van der Waals surface area contributed by atoms with Crippen LogP contribution in [0.5, 0.6) is 0 Å². The molecule has 0 radical (unpaired) electrons. The lowest BCUT2D eigenvalue weighted by Gasteiger charge is -2.18. The summed E-state index contributed by atoms with van der Waals surface area (Å²) >= 11 is 0. The first-order valence-corrected chi connectivity index (χ1v) is 6.94. The Balaban J connectivity index is 2.14. The summed E-state index contributed by atoms with van der Waals surface area (Å²) in [7, 11) is 1.30. The average Bonchev–Trinajstić information content (AvgIpc) is 2.91. The molecule has 0 spiro atoms. The molecule has 0 N–H and O–H groups in total. The predicted molar refractivity (Wildman–Crippen MR) is 77.5 cm³/mol. The van der Waals surface area contributed by atoms with Gasteiger partial charge in [0.2, 0.25) is 0 Å². The maximum absolute atomic E-state index is 11.9. The second-order valence-electron chi connectivity index (χ2n) is 4.80. The lowest BCUT2D eigenvalue weighted by molar-refractivity contribution is -0.140. The van der Waals surface area contributed by atoms with E-state index in [0.717, 1.165) is 12.0 Å². The minimum Gasteiger partial charge on any atom is -0.461 e. The van der Waals surface area contributed by atoms with Gasteiger partial charge in [0.1, 0.15) is 5.70 Å². The van der Waals surface area contributed by atoms with Crippen molar-refractivity contribution in [3.8, 4) is 0 Å². The van der Waals surface area contributed by atoms with Crippen LogP contribution in [0.25, 0.3) is 0 Å². The Kier molecular flexibility index (Phi) is 4.98. The summed E-state index contributed by atoms with van der Waals surface area (Å²) in [5.41, 5.74) is 1.43. The van der Waals surface area contributed by atoms with Crippen molar-refractivity contribution in [3.63, 3.8) is 0 Å². The molecule has 2 rings (SSSR count). The van der Waals surface area contributed by atoms with Crippen LogP contribution in [0.1, 0.15) is 12.5 Å². The van der Waals surface area contributed by atoms with Crippen LogP contribution in [0.2, 0.25) is 0 Å². The highest BCUT2D eigenvalue weighted by atomic mass is 16.5. The minimum atomic E-state index is -0.537. The van der Waals surface area contributed by atoms with Gasteiger partial charge in [0.15, 0.2) is 0 Å². The van der Waals surface area contributed by atoms with Gasteiger partial charge in [0.05, 0.1) is 13.7 Å². The normalized spacial score (nSPS) is 17.3. The molecule has 5 nitrogen and oxygen atoms in total. The molecule has 5 heteroatoms. The number of ether oxygens (including phenoxy) is 2. The highest BCUT2D eigenvalue weighted by molar-refractivity contribution is 5.93. The molecule has 1 aliphatic rings. The Labute approximate surface area is 124 Å². The molecule has 0 aromatic heterocycles. The molecule has 1 aromatic carbocycles. The molecule has 0 unspecified atom stereocenters. The highest BCUT2D eigenvalue weighted by Gasteiger charge is 2.33. The molecule has 21 heavy (non-hydrogen) atoms. The summed E-state index contributed by atoms with van der Waals surface area (Å²) in [6.45, 7) is 2.43. The van der Waals surface area contributed by atoms with Crippen molar-refractivity contribution in [1.82, 2.24) is 4.90 Å². The van der Waals surface area contributed by atoms with Gasteiger partial charge in [-0.15, -0.1) is 0 Å². The zero-order valence-electron chi connectivity index (χ0n) is 12.2. The number of rotatable bonds is 4. The van der Waals surface area contributed by atoms with E-state index in [1.807, 2.05) is 30.3 Å². The first-order chi connectivity index (χ1) is 10.2. The average molecular weight is 289 g/mol. The lowest BCUT2D eigenvalue weighted by atomic mass is 10.0. The minimum absolute atomic E-state index is 0.0749. The van der Waals surface area contributed by atoms with Gasteiger partial charge in [-0.2, -0.15) is 0 Å².